The first kappa shape index (κ1) is 15.1. The smallest absolute Gasteiger partial charge is 0.0408 e. The van der Waals surface area contributed by atoms with Crippen molar-refractivity contribution in [3.8, 4) is 0 Å². The lowest BCUT2D eigenvalue weighted by Gasteiger charge is -2.15. The second-order valence-electron chi connectivity index (χ2n) is 5.31. The molecule has 0 amide bonds. The summed E-state index contributed by atoms with van der Waals surface area (Å²) in [7, 11) is 0. The topological polar surface area (TPSA) is 17.0 Å². The molecule has 1 aromatic heterocycles. The second-order valence-corrected chi connectivity index (χ2v) is 5.75. The maximum absolute atomic E-state index is 6.02. The van der Waals surface area contributed by atoms with E-state index in [1.54, 1.807) is 0 Å². The van der Waals surface area contributed by atoms with Crippen LogP contribution in [0.25, 0.3) is 0 Å². The maximum atomic E-state index is 6.02. The predicted octanol–water partition coefficient (Wildman–Crippen LogP) is 4.27. The highest BCUT2D eigenvalue weighted by Crippen LogP contribution is 2.12. The molecule has 2 rings (SSSR count). The first-order chi connectivity index (χ1) is 9.69. The number of rotatable bonds is 7. The number of nitrogens with zero attached hydrogens (tertiary/aromatic N) is 1. The highest BCUT2D eigenvalue weighted by Gasteiger charge is 2.05. The Morgan fingerprint density at radius 2 is 2.10 bits per heavy atom. The summed E-state index contributed by atoms with van der Waals surface area (Å²) in [6.07, 6.45) is 4.32. The Morgan fingerprint density at radius 3 is 2.85 bits per heavy atom. The summed E-state index contributed by atoms with van der Waals surface area (Å²) in [5.41, 5.74) is 2.63. The number of halogens is 1. The number of benzene rings is 1. The molecular formula is C17H23ClN2. The lowest BCUT2D eigenvalue weighted by atomic mass is 10.1. The van der Waals surface area contributed by atoms with Crippen LogP contribution < -0.4 is 5.32 Å². The summed E-state index contributed by atoms with van der Waals surface area (Å²) in [6.45, 7) is 6.43. The number of aryl methyl sites for hydroxylation is 1. The van der Waals surface area contributed by atoms with Gasteiger partial charge in [0.05, 0.1) is 0 Å². The van der Waals surface area contributed by atoms with Gasteiger partial charge in [-0.3, -0.25) is 0 Å². The molecule has 2 aromatic rings. The molecule has 1 N–H and O–H groups in total. The molecule has 0 aliphatic carbocycles. The molecule has 1 unspecified atom stereocenters. The Bertz CT molecular complexity index is 533. The zero-order valence-electron chi connectivity index (χ0n) is 12.3. The number of hydrogen-bond donors (Lipinski definition) is 1. The summed E-state index contributed by atoms with van der Waals surface area (Å²) >= 11 is 6.02. The minimum absolute atomic E-state index is 0.429. The van der Waals surface area contributed by atoms with Gasteiger partial charge < -0.3 is 9.88 Å². The normalized spacial score (nSPS) is 12.6. The van der Waals surface area contributed by atoms with Gasteiger partial charge in [-0.2, -0.15) is 0 Å². The molecule has 0 bridgehead atoms. The van der Waals surface area contributed by atoms with Crippen LogP contribution in [0.4, 0.5) is 0 Å². The van der Waals surface area contributed by atoms with Gasteiger partial charge in [0.15, 0.2) is 0 Å². The fourth-order valence-corrected chi connectivity index (χ4v) is 2.65. The van der Waals surface area contributed by atoms with Crippen LogP contribution in [0.15, 0.2) is 42.6 Å². The van der Waals surface area contributed by atoms with Gasteiger partial charge >= 0.3 is 0 Å². The molecule has 20 heavy (non-hydrogen) atoms. The molecule has 0 aliphatic heterocycles. The van der Waals surface area contributed by atoms with E-state index < -0.39 is 0 Å². The lowest BCUT2D eigenvalue weighted by Crippen LogP contribution is -2.28. The maximum Gasteiger partial charge on any atom is 0.0408 e. The highest BCUT2D eigenvalue weighted by molar-refractivity contribution is 6.30. The van der Waals surface area contributed by atoms with Crippen molar-refractivity contribution >= 4 is 11.6 Å². The van der Waals surface area contributed by atoms with Gasteiger partial charge in [0.1, 0.15) is 0 Å². The van der Waals surface area contributed by atoms with Gasteiger partial charge in [0, 0.05) is 36.0 Å². The Balaban J connectivity index is 1.85. The summed E-state index contributed by atoms with van der Waals surface area (Å²) in [6, 6.07) is 12.8. The van der Waals surface area contributed by atoms with E-state index in [1.165, 1.54) is 17.7 Å². The van der Waals surface area contributed by atoms with Crippen LogP contribution >= 0.6 is 11.6 Å². The third-order valence-corrected chi connectivity index (χ3v) is 3.69. The van der Waals surface area contributed by atoms with E-state index in [0.717, 1.165) is 24.5 Å². The van der Waals surface area contributed by atoms with E-state index in [4.69, 9.17) is 11.6 Å². The standard InChI is InChI=1S/C17H23ClN2/c1-3-9-20-10-5-8-17(20)13-19-14(2)11-15-6-4-7-16(18)12-15/h4-8,10,12,14,19H,3,9,11,13H2,1-2H3. The molecule has 0 saturated heterocycles. The largest absolute Gasteiger partial charge is 0.350 e. The SMILES string of the molecule is CCCn1cccc1CNC(C)Cc1cccc(Cl)c1. The van der Waals surface area contributed by atoms with E-state index in [-0.39, 0.29) is 0 Å². The minimum Gasteiger partial charge on any atom is -0.350 e. The summed E-state index contributed by atoms with van der Waals surface area (Å²) < 4.78 is 2.32. The quantitative estimate of drug-likeness (QED) is 0.806. The van der Waals surface area contributed by atoms with Crippen molar-refractivity contribution in [2.75, 3.05) is 0 Å². The Kier molecular flexibility index (Phi) is 5.69. The van der Waals surface area contributed by atoms with Crippen molar-refractivity contribution in [2.24, 2.45) is 0 Å². The molecular weight excluding hydrogens is 268 g/mol. The van der Waals surface area contributed by atoms with Crippen molar-refractivity contribution in [2.45, 2.75) is 45.8 Å². The lowest BCUT2D eigenvalue weighted by molar-refractivity contribution is 0.521. The second kappa shape index (κ2) is 7.51. The van der Waals surface area contributed by atoms with Crippen LogP contribution in [0.3, 0.4) is 0 Å². The average molecular weight is 291 g/mol. The molecule has 3 heteroatoms. The molecule has 1 atom stereocenters. The van der Waals surface area contributed by atoms with E-state index in [0.29, 0.717) is 6.04 Å². The van der Waals surface area contributed by atoms with Gasteiger partial charge in [0.25, 0.3) is 0 Å². The van der Waals surface area contributed by atoms with Crippen LogP contribution in [0, 0.1) is 0 Å². The third kappa shape index (κ3) is 4.39. The zero-order chi connectivity index (χ0) is 14.4. The zero-order valence-corrected chi connectivity index (χ0v) is 13.0. The van der Waals surface area contributed by atoms with Gasteiger partial charge in [0.2, 0.25) is 0 Å². The summed E-state index contributed by atoms with van der Waals surface area (Å²) in [4.78, 5) is 0. The predicted molar refractivity (Wildman–Crippen MR) is 86.2 cm³/mol. The Labute approximate surface area is 126 Å². The molecule has 0 fully saturated rings. The monoisotopic (exact) mass is 290 g/mol. The van der Waals surface area contributed by atoms with Crippen molar-refractivity contribution in [3.05, 3.63) is 58.9 Å². The van der Waals surface area contributed by atoms with Crippen LogP contribution in [0.1, 0.15) is 31.5 Å². The fraction of sp³-hybridized carbons (Fsp3) is 0.412. The molecule has 0 saturated carbocycles. The Morgan fingerprint density at radius 1 is 1.25 bits per heavy atom. The van der Waals surface area contributed by atoms with Gasteiger partial charge in [-0.15, -0.1) is 0 Å². The van der Waals surface area contributed by atoms with Gasteiger partial charge in [-0.25, -0.2) is 0 Å². The first-order valence-electron chi connectivity index (χ1n) is 7.31. The van der Waals surface area contributed by atoms with Gasteiger partial charge in [-0.1, -0.05) is 30.7 Å². The van der Waals surface area contributed by atoms with Gasteiger partial charge in [-0.05, 0) is 49.6 Å². The van der Waals surface area contributed by atoms with Crippen LogP contribution in [-0.2, 0) is 19.5 Å². The third-order valence-electron chi connectivity index (χ3n) is 3.45. The van der Waals surface area contributed by atoms with E-state index in [2.05, 4.69) is 48.1 Å². The minimum atomic E-state index is 0.429. The molecule has 0 aliphatic rings. The van der Waals surface area contributed by atoms with Crippen molar-refractivity contribution < 1.29 is 0 Å². The van der Waals surface area contributed by atoms with E-state index in [1.807, 2.05) is 18.2 Å². The van der Waals surface area contributed by atoms with Crippen molar-refractivity contribution in [3.63, 3.8) is 0 Å². The van der Waals surface area contributed by atoms with E-state index >= 15 is 0 Å². The van der Waals surface area contributed by atoms with E-state index in [9.17, 15) is 0 Å². The summed E-state index contributed by atoms with van der Waals surface area (Å²) in [5, 5.41) is 4.40. The summed E-state index contributed by atoms with van der Waals surface area (Å²) in [5.74, 6) is 0. The van der Waals surface area contributed by atoms with Crippen LogP contribution in [0.5, 0.6) is 0 Å². The molecule has 108 valence electrons. The van der Waals surface area contributed by atoms with Crippen LogP contribution in [0.2, 0.25) is 5.02 Å². The average Bonchev–Trinajstić information content (AvgIpc) is 2.84. The van der Waals surface area contributed by atoms with Crippen LogP contribution in [-0.4, -0.2) is 10.6 Å². The number of hydrogen-bond acceptors (Lipinski definition) is 1. The molecule has 0 radical (unpaired) electrons. The van der Waals surface area contributed by atoms with Crippen molar-refractivity contribution in [1.82, 2.24) is 9.88 Å². The number of aromatic nitrogens is 1. The number of nitrogens with one attached hydrogen (secondary N) is 1. The molecule has 2 nitrogen and oxygen atoms in total. The first-order valence-corrected chi connectivity index (χ1v) is 7.68. The molecule has 1 aromatic carbocycles. The van der Waals surface area contributed by atoms with Crippen molar-refractivity contribution in [1.29, 1.82) is 0 Å². The molecule has 0 spiro atoms. The Hall–Kier alpha value is -1.25. The molecule has 1 heterocycles. The highest BCUT2D eigenvalue weighted by atomic mass is 35.5. The fourth-order valence-electron chi connectivity index (χ4n) is 2.44.